The maximum Gasteiger partial charge on any atom is 0.243 e. The quantitative estimate of drug-likeness (QED) is 0.429. The van der Waals surface area contributed by atoms with Crippen molar-refractivity contribution in [2.45, 2.75) is 65.4 Å². The molecule has 1 atom stereocenters. The largest absolute Gasteiger partial charge is 0.352 e. The van der Waals surface area contributed by atoms with Gasteiger partial charge in [-0.1, -0.05) is 65.5 Å². The first kappa shape index (κ1) is 26.6. The van der Waals surface area contributed by atoms with Crippen LogP contribution in [0.5, 0.6) is 0 Å². The molecule has 1 N–H and O–H groups in total. The van der Waals surface area contributed by atoms with Crippen LogP contribution in [0, 0.1) is 13.8 Å². The van der Waals surface area contributed by atoms with Crippen molar-refractivity contribution in [1.29, 1.82) is 0 Å². The second-order valence-electron chi connectivity index (χ2n) is 8.35. The average molecular weight is 496 g/mol. The SMILES string of the molecule is CC[C@@H](C(=O)NC(C)C)N(Cc1ccc(Cl)c(Cl)c1)C(=O)CSCc1cc(C)cc(C)c1. The molecule has 2 amide bonds. The molecule has 0 heterocycles. The van der Waals surface area contributed by atoms with Crippen LogP contribution in [0.1, 0.15) is 49.4 Å². The van der Waals surface area contributed by atoms with E-state index in [2.05, 4.69) is 37.4 Å². The number of halogens is 2. The third-order valence-electron chi connectivity index (χ3n) is 4.93. The van der Waals surface area contributed by atoms with Gasteiger partial charge in [-0.05, 0) is 57.4 Å². The fraction of sp³-hybridized carbons (Fsp3) is 0.440. The molecule has 0 saturated heterocycles. The number of nitrogens with one attached hydrogen (secondary N) is 1. The summed E-state index contributed by atoms with van der Waals surface area (Å²) >= 11 is 13.8. The lowest BCUT2D eigenvalue weighted by atomic mass is 10.1. The van der Waals surface area contributed by atoms with Crippen LogP contribution < -0.4 is 5.32 Å². The fourth-order valence-corrected chi connectivity index (χ4v) is 4.79. The highest BCUT2D eigenvalue weighted by molar-refractivity contribution is 7.99. The van der Waals surface area contributed by atoms with Gasteiger partial charge in [0.2, 0.25) is 11.8 Å². The Morgan fingerprint density at radius 3 is 2.22 bits per heavy atom. The molecule has 0 fully saturated rings. The van der Waals surface area contributed by atoms with E-state index >= 15 is 0 Å². The number of hydrogen-bond acceptors (Lipinski definition) is 3. The monoisotopic (exact) mass is 494 g/mol. The number of amides is 2. The van der Waals surface area contributed by atoms with Crippen LogP contribution in [0.25, 0.3) is 0 Å². The van der Waals surface area contributed by atoms with E-state index in [0.717, 1.165) is 11.3 Å². The molecule has 0 radical (unpaired) electrons. The predicted molar refractivity (Wildman–Crippen MR) is 136 cm³/mol. The summed E-state index contributed by atoms with van der Waals surface area (Å²) in [7, 11) is 0. The van der Waals surface area contributed by atoms with Crippen LogP contribution in [0.2, 0.25) is 10.0 Å². The van der Waals surface area contributed by atoms with Crippen molar-refractivity contribution < 1.29 is 9.59 Å². The van der Waals surface area contributed by atoms with Crippen LogP contribution in [0.3, 0.4) is 0 Å². The van der Waals surface area contributed by atoms with E-state index < -0.39 is 6.04 Å². The molecule has 0 aromatic heterocycles. The maximum absolute atomic E-state index is 13.3. The Balaban J connectivity index is 2.18. The lowest BCUT2D eigenvalue weighted by molar-refractivity contribution is -0.139. The molecule has 0 bridgehead atoms. The van der Waals surface area contributed by atoms with Crippen molar-refractivity contribution in [2.24, 2.45) is 0 Å². The third kappa shape index (κ3) is 8.02. The van der Waals surface area contributed by atoms with Crippen LogP contribution >= 0.6 is 35.0 Å². The summed E-state index contributed by atoms with van der Waals surface area (Å²) in [4.78, 5) is 27.8. The van der Waals surface area contributed by atoms with Crippen LogP contribution in [0.15, 0.2) is 36.4 Å². The van der Waals surface area contributed by atoms with E-state index in [4.69, 9.17) is 23.2 Å². The zero-order valence-corrected chi connectivity index (χ0v) is 21.7. The predicted octanol–water partition coefficient (Wildman–Crippen LogP) is 6.18. The van der Waals surface area contributed by atoms with Gasteiger partial charge in [-0.2, -0.15) is 0 Å². The lowest BCUT2D eigenvalue weighted by Gasteiger charge is -2.31. The van der Waals surface area contributed by atoms with Gasteiger partial charge in [0.25, 0.3) is 0 Å². The number of carbonyl (C=O) groups is 2. The third-order valence-corrected chi connectivity index (χ3v) is 6.66. The van der Waals surface area contributed by atoms with Gasteiger partial charge in [0.05, 0.1) is 15.8 Å². The first-order valence-electron chi connectivity index (χ1n) is 10.8. The molecule has 0 aliphatic carbocycles. The first-order valence-corrected chi connectivity index (χ1v) is 12.7. The highest BCUT2D eigenvalue weighted by Gasteiger charge is 2.29. The molecular formula is C25H32Cl2N2O2S. The zero-order chi connectivity index (χ0) is 23.8. The van der Waals surface area contributed by atoms with Gasteiger partial charge < -0.3 is 10.2 Å². The lowest BCUT2D eigenvalue weighted by Crippen LogP contribution is -2.50. The molecule has 2 rings (SSSR count). The number of benzene rings is 2. The Morgan fingerprint density at radius 1 is 1.00 bits per heavy atom. The second-order valence-corrected chi connectivity index (χ2v) is 10.1. The summed E-state index contributed by atoms with van der Waals surface area (Å²) in [5, 5.41) is 3.83. The molecule has 32 heavy (non-hydrogen) atoms. The summed E-state index contributed by atoms with van der Waals surface area (Å²) in [5.41, 5.74) is 4.46. The Kier molecular flexibility index (Phi) is 10.4. The summed E-state index contributed by atoms with van der Waals surface area (Å²) in [6, 6.07) is 11.2. The normalized spacial score (nSPS) is 12.0. The van der Waals surface area contributed by atoms with Crippen LogP contribution in [-0.4, -0.2) is 34.6 Å². The molecule has 0 saturated carbocycles. The smallest absolute Gasteiger partial charge is 0.243 e. The maximum atomic E-state index is 13.3. The van der Waals surface area contributed by atoms with Crippen molar-refractivity contribution in [2.75, 3.05) is 5.75 Å². The van der Waals surface area contributed by atoms with Crippen molar-refractivity contribution in [3.05, 3.63) is 68.7 Å². The van der Waals surface area contributed by atoms with E-state index in [1.807, 2.05) is 26.8 Å². The van der Waals surface area contributed by atoms with E-state index in [1.165, 1.54) is 16.7 Å². The van der Waals surface area contributed by atoms with Gasteiger partial charge in [-0.15, -0.1) is 11.8 Å². The number of aryl methyl sites for hydroxylation is 2. The molecule has 2 aromatic carbocycles. The highest BCUT2D eigenvalue weighted by atomic mass is 35.5. The number of rotatable bonds is 10. The van der Waals surface area contributed by atoms with Crippen molar-refractivity contribution in [3.8, 4) is 0 Å². The fourth-order valence-electron chi connectivity index (χ4n) is 3.63. The minimum Gasteiger partial charge on any atom is -0.352 e. The topological polar surface area (TPSA) is 49.4 Å². The van der Waals surface area contributed by atoms with E-state index in [9.17, 15) is 9.59 Å². The van der Waals surface area contributed by atoms with E-state index in [1.54, 1.807) is 28.8 Å². The minimum atomic E-state index is -0.554. The minimum absolute atomic E-state index is 0.00240. The molecule has 4 nitrogen and oxygen atoms in total. The number of carbonyl (C=O) groups excluding carboxylic acids is 2. The number of hydrogen-bond donors (Lipinski definition) is 1. The molecule has 7 heteroatoms. The summed E-state index contributed by atoms with van der Waals surface area (Å²) in [6.45, 7) is 10.2. The molecule has 174 valence electrons. The van der Waals surface area contributed by atoms with Gasteiger partial charge >= 0.3 is 0 Å². The highest BCUT2D eigenvalue weighted by Crippen LogP contribution is 2.25. The standard InChI is InChI=1S/C25H32Cl2N2O2S/c1-6-23(25(31)28-16(2)3)29(13-19-7-8-21(26)22(27)12-19)24(30)15-32-14-20-10-17(4)9-18(5)11-20/h7-12,16,23H,6,13-15H2,1-5H3,(H,28,31)/t23-/m0/s1. The summed E-state index contributed by atoms with van der Waals surface area (Å²) in [6.07, 6.45) is 0.521. The van der Waals surface area contributed by atoms with Crippen LogP contribution in [-0.2, 0) is 21.9 Å². The first-order chi connectivity index (χ1) is 15.1. The molecular weight excluding hydrogens is 463 g/mol. The van der Waals surface area contributed by atoms with Crippen LogP contribution in [0.4, 0.5) is 0 Å². The van der Waals surface area contributed by atoms with Crippen molar-refractivity contribution >= 4 is 46.8 Å². The zero-order valence-electron chi connectivity index (χ0n) is 19.4. The summed E-state index contributed by atoms with van der Waals surface area (Å²) < 4.78 is 0. The Labute approximate surface area is 206 Å². The molecule has 0 aliphatic rings. The number of thioether (sulfide) groups is 1. The van der Waals surface area contributed by atoms with Gasteiger partial charge in [0.1, 0.15) is 6.04 Å². The van der Waals surface area contributed by atoms with Gasteiger partial charge in [-0.25, -0.2) is 0 Å². The number of nitrogens with zero attached hydrogens (tertiary/aromatic N) is 1. The molecule has 0 spiro atoms. The average Bonchev–Trinajstić information content (AvgIpc) is 2.69. The van der Waals surface area contributed by atoms with Gasteiger partial charge in [0, 0.05) is 18.3 Å². The van der Waals surface area contributed by atoms with E-state index in [0.29, 0.717) is 28.8 Å². The second kappa shape index (κ2) is 12.5. The Hall–Kier alpha value is -1.69. The summed E-state index contributed by atoms with van der Waals surface area (Å²) in [5.74, 6) is 0.815. The Bertz CT molecular complexity index is 929. The van der Waals surface area contributed by atoms with E-state index in [-0.39, 0.29) is 17.9 Å². The van der Waals surface area contributed by atoms with Gasteiger partial charge in [-0.3, -0.25) is 9.59 Å². The molecule has 0 aliphatic heterocycles. The van der Waals surface area contributed by atoms with Crippen molar-refractivity contribution in [1.82, 2.24) is 10.2 Å². The molecule has 0 unspecified atom stereocenters. The molecule has 2 aromatic rings. The van der Waals surface area contributed by atoms with Gasteiger partial charge in [0.15, 0.2) is 0 Å². The Morgan fingerprint density at radius 2 is 1.66 bits per heavy atom. The van der Waals surface area contributed by atoms with Crippen molar-refractivity contribution in [3.63, 3.8) is 0 Å².